The van der Waals surface area contributed by atoms with E-state index in [0.29, 0.717) is 5.75 Å². The fraction of sp³-hybridized carbons (Fsp3) is 0.105. The molecule has 0 aliphatic carbocycles. The number of nitrogens with zero attached hydrogens (tertiary/aromatic N) is 4. The Labute approximate surface area is 185 Å². The van der Waals surface area contributed by atoms with Gasteiger partial charge in [0, 0.05) is 11.6 Å². The molecular formula is C19H15ClN6O6. The van der Waals surface area contributed by atoms with Gasteiger partial charge >= 0.3 is 11.6 Å². The third kappa shape index (κ3) is 5.05. The predicted molar refractivity (Wildman–Crippen MR) is 114 cm³/mol. The van der Waals surface area contributed by atoms with Gasteiger partial charge in [-0.25, -0.2) is 4.98 Å². The Hall–Kier alpha value is -4.32. The van der Waals surface area contributed by atoms with Crippen molar-refractivity contribution < 1.29 is 19.4 Å². The molecule has 0 bridgehead atoms. The van der Waals surface area contributed by atoms with Crippen molar-refractivity contribution in [3.63, 3.8) is 0 Å². The number of benzene rings is 2. The lowest BCUT2D eigenvalue weighted by Gasteiger charge is -2.10. The Bertz CT molecular complexity index is 1190. The SMILES string of the molecule is CCc1ccc(Oc2ncnc(NNC(=O)c3ccc(Cl)c([N+](=O)[O-])c3)c2[N+](=O)[O-])cc1. The molecule has 1 amide bonds. The average molecular weight is 459 g/mol. The van der Waals surface area contributed by atoms with E-state index in [1.54, 1.807) is 12.1 Å². The molecule has 13 heteroatoms. The van der Waals surface area contributed by atoms with Gasteiger partial charge in [-0.1, -0.05) is 30.7 Å². The topological polar surface area (TPSA) is 162 Å². The van der Waals surface area contributed by atoms with E-state index in [9.17, 15) is 25.0 Å². The van der Waals surface area contributed by atoms with Crippen LogP contribution in [0, 0.1) is 20.2 Å². The highest BCUT2D eigenvalue weighted by Crippen LogP contribution is 2.33. The van der Waals surface area contributed by atoms with Crippen LogP contribution in [0.2, 0.25) is 5.02 Å². The van der Waals surface area contributed by atoms with E-state index in [1.807, 2.05) is 19.1 Å². The van der Waals surface area contributed by atoms with Gasteiger partial charge in [-0.15, -0.1) is 0 Å². The fourth-order valence-corrected chi connectivity index (χ4v) is 2.77. The third-order valence-electron chi connectivity index (χ3n) is 4.22. The molecule has 0 unspecified atom stereocenters. The van der Waals surface area contributed by atoms with Crippen molar-refractivity contribution in [3.05, 3.63) is 85.2 Å². The molecule has 32 heavy (non-hydrogen) atoms. The van der Waals surface area contributed by atoms with Gasteiger partial charge in [-0.05, 0) is 36.2 Å². The first-order chi connectivity index (χ1) is 15.3. The van der Waals surface area contributed by atoms with Crippen LogP contribution in [0.1, 0.15) is 22.8 Å². The number of rotatable bonds is 8. The van der Waals surface area contributed by atoms with Crippen molar-refractivity contribution in [1.29, 1.82) is 0 Å². The Balaban J connectivity index is 1.81. The minimum absolute atomic E-state index is 0.0993. The Kier molecular flexibility index (Phi) is 6.75. The summed E-state index contributed by atoms with van der Waals surface area (Å²) in [5.41, 5.74) is 4.40. The van der Waals surface area contributed by atoms with E-state index in [2.05, 4.69) is 20.8 Å². The van der Waals surface area contributed by atoms with E-state index in [0.717, 1.165) is 24.4 Å². The summed E-state index contributed by atoms with van der Waals surface area (Å²) in [5, 5.41) is 22.5. The third-order valence-corrected chi connectivity index (χ3v) is 4.54. The summed E-state index contributed by atoms with van der Waals surface area (Å²) in [5.74, 6) is -1.17. The first-order valence-electron chi connectivity index (χ1n) is 9.06. The number of aromatic nitrogens is 2. The molecule has 0 radical (unpaired) electrons. The lowest BCUT2D eigenvalue weighted by Crippen LogP contribution is -2.30. The van der Waals surface area contributed by atoms with Gasteiger partial charge in [0.05, 0.1) is 9.85 Å². The minimum atomic E-state index is -0.810. The number of amides is 1. The van der Waals surface area contributed by atoms with Crippen LogP contribution in [-0.4, -0.2) is 25.7 Å². The first-order valence-corrected chi connectivity index (χ1v) is 9.44. The zero-order chi connectivity index (χ0) is 23.3. The smallest absolute Gasteiger partial charge is 0.374 e. The zero-order valence-electron chi connectivity index (χ0n) is 16.4. The van der Waals surface area contributed by atoms with E-state index >= 15 is 0 Å². The quantitative estimate of drug-likeness (QED) is 0.374. The number of hydrogen-bond acceptors (Lipinski definition) is 9. The molecule has 0 atom stereocenters. The standard InChI is InChI=1S/C19H15ClN6O6/c1-2-11-3-6-13(7-4-11)32-19-16(26(30)31)17(21-10-22-19)23-24-18(27)12-5-8-14(20)15(9-12)25(28)29/h3-10H,2H2,1H3,(H,24,27)(H,21,22,23). The molecule has 0 saturated carbocycles. The molecule has 0 fully saturated rings. The van der Waals surface area contributed by atoms with E-state index in [4.69, 9.17) is 16.3 Å². The lowest BCUT2D eigenvalue weighted by atomic mass is 10.2. The average Bonchev–Trinajstić information content (AvgIpc) is 2.78. The Morgan fingerprint density at radius 3 is 2.44 bits per heavy atom. The number of carbonyl (C=O) groups excluding carboxylic acids is 1. The molecule has 3 aromatic rings. The maximum atomic E-state index is 12.3. The molecule has 12 nitrogen and oxygen atoms in total. The summed E-state index contributed by atoms with van der Waals surface area (Å²) < 4.78 is 5.52. The number of hydrogen-bond donors (Lipinski definition) is 2. The zero-order valence-corrected chi connectivity index (χ0v) is 17.2. The molecule has 3 rings (SSSR count). The highest BCUT2D eigenvalue weighted by atomic mass is 35.5. The summed E-state index contributed by atoms with van der Waals surface area (Å²) in [6.45, 7) is 1.99. The van der Waals surface area contributed by atoms with Crippen molar-refractivity contribution in [2.24, 2.45) is 0 Å². The number of anilines is 1. The van der Waals surface area contributed by atoms with Gasteiger partial charge in [-0.3, -0.25) is 35.9 Å². The second-order valence-corrected chi connectivity index (χ2v) is 6.64. The number of nitrogens with one attached hydrogen (secondary N) is 2. The normalized spacial score (nSPS) is 10.3. The minimum Gasteiger partial charge on any atom is -0.434 e. The van der Waals surface area contributed by atoms with Crippen molar-refractivity contribution in [2.45, 2.75) is 13.3 Å². The monoisotopic (exact) mass is 458 g/mol. The molecule has 1 heterocycles. The number of halogens is 1. The summed E-state index contributed by atoms with van der Waals surface area (Å²) in [6, 6.07) is 10.3. The predicted octanol–water partition coefficient (Wildman–Crippen LogP) is 4.06. The molecule has 1 aromatic heterocycles. The Morgan fingerprint density at radius 2 is 1.81 bits per heavy atom. The van der Waals surface area contributed by atoms with Gasteiger partial charge in [0.1, 0.15) is 17.1 Å². The van der Waals surface area contributed by atoms with Crippen LogP contribution in [0.4, 0.5) is 17.2 Å². The highest BCUT2D eigenvalue weighted by molar-refractivity contribution is 6.32. The van der Waals surface area contributed by atoms with Gasteiger partial charge < -0.3 is 4.74 Å². The number of ether oxygens (including phenoxy) is 1. The van der Waals surface area contributed by atoms with Crippen molar-refractivity contribution in [3.8, 4) is 11.6 Å². The maximum absolute atomic E-state index is 12.3. The van der Waals surface area contributed by atoms with Gasteiger partial charge in [0.2, 0.25) is 5.82 Å². The van der Waals surface area contributed by atoms with Crippen LogP contribution >= 0.6 is 11.6 Å². The van der Waals surface area contributed by atoms with Gasteiger partial charge in [0.15, 0.2) is 0 Å². The summed E-state index contributed by atoms with van der Waals surface area (Å²) in [6.07, 6.45) is 1.84. The summed E-state index contributed by atoms with van der Waals surface area (Å²) in [4.78, 5) is 41.0. The van der Waals surface area contributed by atoms with Crippen molar-refractivity contribution in [2.75, 3.05) is 5.43 Å². The van der Waals surface area contributed by atoms with Crippen LogP contribution in [0.15, 0.2) is 48.8 Å². The van der Waals surface area contributed by atoms with Crippen LogP contribution in [-0.2, 0) is 6.42 Å². The second-order valence-electron chi connectivity index (χ2n) is 6.24. The number of nitro benzene ring substituents is 1. The molecular weight excluding hydrogens is 444 g/mol. The molecule has 2 N–H and O–H groups in total. The largest absolute Gasteiger partial charge is 0.434 e. The summed E-state index contributed by atoms with van der Waals surface area (Å²) in [7, 11) is 0. The first kappa shape index (κ1) is 22.4. The molecule has 0 saturated heterocycles. The molecule has 2 aromatic carbocycles. The lowest BCUT2D eigenvalue weighted by molar-refractivity contribution is -0.385. The van der Waals surface area contributed by atoms with Crippen molar-refractivity contribution in [1.82, 2.24) is 15.4 Å². The Morgan fingerprint density at radius 1 is 1.09 bits per heavy atom. The molecule has 0 aliphatic rings. The van der Waals surface area contributed by atoms with Gasteiger partial charge in [-0.2, -0.15) is 4.98 Å². The summed E-state index contributed by atoms with van der Waals surface area (Å²) >= 11 is 5.73. The highest BCUT2D eigenvalue weighted by Gasteiger charge is 2.26. The van der Waals surface area contributed by atoms with Gasteiger partial charge in [0.25, 0.3) is 11.6 Å². The molecule has 0 aliphatic heterocycles. The maximum Gasteiger partial charge on any atom is 0.374 e. The van der Waals surface area contributed by atoms with E-state index in [-0.39, 0.29) is 22.3 Å². The fourth-order valence-electron chi connectivity index (χ4n) is 2.58. The van der Waals surface area contributed by atoms with Crippen molar-refractivity contribution >= 4 is 34.7 Å². The van der Waals surface area contributed by atoms with E-state index in [1.165, 1.54) is 12.1 Å². The number of carbonyl (C=O) groups is 1. The number of hydrazine groups is 1. The number of nitro groups is 2. The number of aryl methyl sites for hydroxylation is 1. The molecule has 0 spiro atoms. The van der Waals surface area contributed by atoms with Crippen LogP contribution in [0.5, 0.6) is 11.6 Å². The van der Waals surface area contributed by atoms with Crippen LogP contribution < -0.4 is 15.6 Å². The van der Waals surface area contributed by atoms with Crippen LogP contribution in [0.25, 0.3) is 0 Å². The van der Waals surface area contributed by atoms with E-state index < -0.39 is 27.1 Å². The molecule has 164 valence electrons. The van der Waals surface area contributed by atoms with Crippen LogP contribution in [0.3, 0.4) is 0 Å². The second kappa shape index (κ2) is 9.66.